The van der Waals surface area contributed by atoms with Gasteiger partial charge in [-0.15, -0.1) is 0 Å². The summed E-state index contributed by atoms with van der Waals surface area (Å²) in [7, 11) is 0. The maximum atomic E-state index is 12.4. The van der Waals surface area contributed by atoms with E-state index in [4.69, 9.17) is 9.72 Å². The first-order valence-electron chi connectivity index (χ1n) is 8.28. The lowest BCUT2D eigenvalue weighted by Crippen LogP contribution is -2.12. The Morgan fingerprint density at radius 2 is 1.60 bits per heavy atom. The van der Waals surface area contributed by atoms with Crippen molar-refractivity contribution in [3.63, 3.8) is 0 Å². The summed E-state index contributed by atoms with van der Waals surface area (Å²) in [5, 5.41) is 0. The monoisotopic (exact) mass is 332 g/mol. The Morgan fingerprint density at radius 3 is 2.24 bits per heavy atom. The van der Waals surface area contributed by atoms with E-state index in [0.29, 0.717) is 29.4 Å². The fraction of sp³-hybridized carbons (Fsp3) is 0.190. The van der Waals surface area contributed by atoms with E-state index >= 15 is 0 Å². The van der Waals surface area contributed by atoms with E-state index in [1.807, 2.05) is 68.4 Å². The number of benzene rings is 2. The van der Waals surface area contributed by atoms with Gasteiger partial charge in [-0.25, -0.2) is 14.8 Å². The predicted octanol–water partition coefficient (Wildman–Crippen LogP) is 4.60. The molecule has 2 aromatic carbocycles. The third kappa shape index (κ3) is 3.58. The normalized spacial score (nSPS) is 10.5. The first kappa shape index (κ1) is 16.8. The molecule has 0 radical (unpaired) electrons. The van der Waals surface area contributed by atoms with E-state index in [0.717, 1.165) is 11.1 Å². The van der Waals surface area contributed by atoms with E-state index < -0.39 is 5.97 Å². The minimum atomic E-state index is -0.394. The highest BCUT2D eigenvalue weighted by molar-refractivity contribution is 5.97. The molecule has 126 valence electrons. The van der Waals surface area contributed by atoms with Gasteiger partial charge in [0.2, 0.25) is 0 Å². The van der Waals surface area contributed by atoms with Crippen LogP contribution in [0.1, 0.15) is 28.5 Å². The maximum Gasteiger partial charge on any atom is 0.342 e. The molecule has 25 heavy (non-hydrogen) atoms. The van der Waals surface area contributed by atoms with Crippen LogP contribution in [0.15, 0.2) is 54.6 Å². The molecule has 0 aliphatic rings. The predicted molar refractivity (Wildman–Crippen MR) is 98.3 cm³/mol. The molecule has 4 nitrogen and oxygen atoms in total. The van der Waals surface area contributed by atoms with E-state index in [1.54, 1.807) is 6.92 Å². The van der Waals surface area contributed by atoms with Crippen LogP contribution in [-0.4, -0.2) is 22.5 Å². The lowest BCUT2D eigenvalue weighted by Gasteiger charge is -2.13. The van der Waals surface area contributed by atoms with Crippen molar-refractivity contribution >= 4 is 5.97 Å². The quantitative estimate of drug-likeness (QED) is 0.655. The third-order valence-electron chi connectivity index (χ3n) is 3.93. The Kier molecular flexibility index (Phi) is 4.89. The highest BCUT2D eigenvalue weighted by Gasteiger charge is 2.21. The number of aryl methyl sites for hydroxylation is 2. The second-order valence-electron chi connectivity index (χ2n) is 5.81. The summed E-state index contributed by atoms with van der Waals surface area (Å²) in [6.45, 7) is 5.95. The number of carbonyl (C=O) groups excluding carboxylic acids is 1. The van der Waals surface area contributed by atoms with Crippen LogP contribution < -0.4 is 0 Å². The molecular formula is C21H20N2O2. The Balaban J connectivity index is 2.20. The zero-order valence-corrected chi connectivity index (χ0v) is 14.6. The third-order valence-corrected chi connectivity index (χ3v) is 3.93. The molecule has 0 amide bonds. The van der Waals surface area contributed by atoms with Gasteiger partial charge in [-0.2, -0.15) is 0 Å². The molecule has 1 aromatic heterocycles. The molecular weight excluding hydrogens is 312 g/mol. The van der Waals surface area contributed by atoms with E-state index in [2.05, 4.69) is 4.98 Å². The molecule has 0 saturated carbocycles. The van der Waals surface area contributed by atoms with Gasteiger partial charge in [-0.3, -0.25) is 0 Å². The molecule has 0 atom stereocenters. The molecule has 0 spiro atoms. The van der Waals surface area contributed by atoms with Crippen LogP contribution in [0.4, 0.5) is 0 Å². The van der Waals surface area contributed by atoms with Crippen molar-refractivity contribution < 1.29 is 9.53 Å². The zero-order valence-electron chi connectivity index (χ0n) is 14.6. The average Bonchev–Trinajstić information content (AvgIpc) is 2.62. The van der Waals surface area contributed by atoms with Gasteiger partial charge in [0.1, 0.15) is 5.56 Å². The Bertz CT molecular complexity index is 888. The Labute approximate surface area is 147 Å². The Morgan fingerprint density at radius 1 is 0.920 bits per heavy atom. The standard InChI is InChI=1S/C21H20N2O2/c1-4-25-21(24)18-15(3)22-20(17-12-10-14(2)11-13-17)23-19(18)16-8-6-5-7-9-16/h5-13H,4H2,1-3H3. The van der Waals surface area contributed by atoms with Crippen molar-refractivity contribution in [2.45, 2.75) is 20.8 Å². The summed E-state index contributed by atoms with van der Waals surface area (Å²) in [6, 6.07) is 17.7. The van der Waals surface area contributed by atoms with Gasteiger partial charge < -0.3 is 4.74 Å². The van der Waals surface area contributed by atoms with Gasteiger partial charge in [-0.1, -0.05) is 60.2 Å². The molecule has 0 aliphatic carbocycles. The molecule has 1 heterocycles. The number of hydrogen-bond acceptors (Lipinski definition) is 4. The fourth-order valence-electron chi connectivity index (χ4n) is 2.66. The van der Waals surface area contributed by atoms with Crippen LogP contribution in [0.25, 0.3) is 22.6 Å². The number of esters is 1. The molecule has 3 rings (SSSR count). The summed E-state index contributed by atoms with van der Waals surface area (Å²) in [5.41, 5.74) is 4.59. The summed E-state index contributed by atoms with van der Waals surface area (Å²) >= 11 is 0. The topological polar surface area (TPSA) is 52.1 Å². The number of carbonyl (C=O) groups is 1. The van der Waals surface area contributed by atoms with Gasteiger partial charge in [-0.05, 0) is 20.8 Å². The highest BCUT2D eigenvalue weighted by Crippen LogP contribution is 2.27. The smallest absolute Gasteiger partial charge is 0.342 e. The van der Waals surface area contributed by atoms with Crippen LogP contribution in [0, 0.1) is 13.8 Å². The molecule has 4 heteroatoms. The van der Waals surface area contributed by atoms with Crippen LogP contribution in [0.3, 0.4) is 0 Å². The number of ether oxygens (including phenoxy) is 1. The number of hydrogen-bond donors (Lipinski definition) is 0. The van der Waals surface area contributed by atoms with Crippen molar-refractivity contribution in [3.05, 3.63) is 71.4 Å². The van der Waals surface area contributed by atoms with E-state index in [1.165, 1.54) is 5.56 Å². The van der Waals surface area contributed by atoms with E-state index in [9.17, 15) is 4.79 Å². The van der Waals surface area contributed by atoms with Crippen molar-refractivity contribution in [3.8, 4) is 22.6 Å². The van der Waals surface area contributed by atoms with Crippen molar-refractivity contribution in [1.82, 2.24) is 9.97 Å². The zero-order chi connectivity index (χ0) is 17.8. The van der Waals surface area contributed by atoms with Crippen LogP contribution in [0.2, 0.25) is 0 Å². The van der Waals surface area contributed by atoms with Crippen LogP contribution in [0.5, 0.6) is 0 Å². The molecule has 0 saturated heterocycles. The fourth-order valence-corrected chi connectivity index (χ4v) is 2.66. The minimum Gasteiger partial charge on any atom is -0.462 e. The van der Waals surface area contributed by atoms with Gasteiger partial charge in [0.15, 0.2) is 5.82 Å². The maximum absolute atomic E-state index is 12.4. The number of aromatic nitrogens is 2. The molecule has 0 fully saturated rings. The number of rotatable bonds is 4. The van der Waals surface area contributed by atoms with Crippen molar-refractivity contribution in [1.29, 1.82) is 0 Å². The first-order valence-corrected chi connectivity index (χ1v) is 8.28. The summed E-state index contributed by atoms with van der Waals surface area (Å²) < 4.78 is 5.21. The van der Waals surface area contributed by atoms with Gasteiger partial charge in [0, 0.05) is 11.1 Å². The largest absolute Gasteiger partial charge is 0.462 e. The summed E-state index contributed by atoms with van der Waals surface area (Å²) in [6.07, 6.45) is 0. The van der Waals surface area contributed by atoms with Crippen LogP contribution >= 0.6 is 0 Å². The average molecular weight is 332 g/mol. The van der Waals surface area contributed by atoms with Gasteiger partial charge in [0.05, 0.1) is 18.0 Å². The molecule has 0 aliphatic heterocycles. The first-order chi connectivity index (χ1) is 12.1. The minimum absolute atomic E-state index is 0.312. The van der Waals surface area contributed by atoms with Crippen molar-refractivity contribution in [2.24, 2.45) is 0 Å². The van der Waals surface area contributed by atoms with Gasteiger partial charge in [0.25, 0.3) is 0 Å². The SMILES string of the molecule is CCOC(=O)c1c(C)nc(-c2ccc(C)cc2)nc1-c1ccccc1. The lowest BCUT2D eigenvalue weighted by molar-refractivity contribution is 0.0525. The lowest BCUT2D eigenvalue weighted by atomic mass is 10.0. The highest BCUT2D eigenvalue weighted by atomic mass is 16.5. The number of nitrogens with zero attached hydrogens (tertiary/aromatic N) is 2. The summed E-state index contributed by atoms with van der Waals surface area (Å²) in [5.74, 6) is 0.207. The second-order valence-corrected chi connectivity index (χ2v) is 5.81. The van der Waals surface area contributed by atoms with E-state index in [-0.39, 0.29) is 0 Å². The molecule has 0 N–H and O–H groups in total. The Hall–Kier alpha value is -3.01. The second kappa shape index (κ2) is 7.26. The van der Waals surface area contributed by atoms with Crippen molar-refractivity contribution in [2.75, 3.05) is 6.61 Å². The molecule has 3 aromatic rings. The molecule has 0 unspecified atom stereocenters. The summed E-state index contributed by atoms with van der Waals surface area (Å²) in [4.78, 5) is 21.7. The van der Waals surface area contributed by atoms with Gasteiger partial charge >= 0.3 is 5.97 Å². The molecule has 0 bridgehead atoms. The van der Waals surface area contributed by atoms with Crippen LogP contribution in [-0.2, 0) is 4.74 Å².